The number of rotatable bonds is 1. The molecule has 0 aliphatic heterocycles. The molecule has 1 aliphatic rings. The molecular weight excluding hydrogens is 332 g/mol. The van der Waals surface area contributed by atoms with Gasteiger partial charge in [-0.05, 0) is 34.9 Å². The minimum Gasteiger partial charge on any atom is -0.289 e. The average molecular weight is 343 g/mol. The van der Waals surface area contributed by atoms with Crippen molar-refractivity contribution in [3.05, 3.63) is 83.1 Å². The molecule has 4 heteroatoms. The first-order valence-corrected chi connectivity index (χ1v) is 8.31. The average Bonchev–Trinajstić information content (AvgIpc) is 2.66. The fourth-order valence-electron chi connectivity index (χ4n) is 3.44. The third-order valence-electron chi connectivity index (χ3n) is 4.55. The van der Waals surface area contributed by atoms with E-state index in [1.807, 2.05) is 66.7 Å². The number of benzene rings is 3. The molecule has 1 heterocycles. The molecule has 0 spiro atoms. The van der Waals surface area contributed by atoms with E-state index < -0.39 is 0 Å². The van der Waals surface area contributed by atoms with E-state index in [2.05, 4.69) is 9.97 Å². The smallest absolute Gasteiger partial charge is 0.223 e. The van der Waals surface area contributed by atoms with E-state index in [1.165, 1.54) is 0 Å². The van der Waals surface area contributed by atoms with E-state index in [4.69, 9.17) is 11.6 Å². The van der Waals surface area contributed by atoms with E-state index in [9.17, 15) is 4.79 Å². The highest BCUT2D eigenvalue weighted by atomic mass is 35.5. The van der Waals surface area contributed by atoms with Crippen LogP contribution in [-0.2, 0) is 0 Å². The number of nitrogens with zero attached hydrogens (tertiary/aromatic N) is 2. The van der Waals surface area contributed by atoms with Crippen LogP contribution in [0.3, 0.4) is 0 Å². The van der Waals surface area contributed by atoms with Gasteiger partial charge in [0.05, 0.1) is 11.2 Å². The number of hydrogen-bond donors (Lipinski definition) is 0. The van der Waals surface area contributed by atoms with E-state index >= 15 is 0 Å². The highest BCUT2D eigenvalue weighted by molar-refractivity contribution is 6.30. The van der Waals surface area contributed by atoms with Gasteiger partial charge >= 0.3 is 0 Å². The van der Waals surface area contributed by atoms with Gasteiger partial charge in [-0.1, -0.05) is 54.6 Å². The van der Waals surface area contributed by atoms with Gasteiger partial charge in [-0.25, -0.2) is 9.97 Å². The largest absolute Gasteiger partial charge is 0.289 e. The Kier molecular flexibility index (Phi) is 2.99. The Labute approximate surface area is 148 Å². The second-order valence-electron chi connectivity index (χ2n) is 6.00. The number of aromatic nitrogens is 2. The zero-order valence-electron chi connectivity index (χ0n) is 13.0. The Morgan fingerprint density at radius 3 is 2.24 bits per heavy atom. The van der Waals surface area contributed by atoms with Gasteiger partial charge in [0.25, 0.3) is 0 Å². The molecule has 0 fully saturated rings. The van der Waals surface area contributed by atoms with Crippen molar-refractivity contribution in [2.24, 2.45) is 0 Å². The molecule has 25 heavy (non-hydrogen) atoms. The van der Waals surface area contributed by atoms with Crippen LogP contribution >= 0.6 is 11.6 Å². The first kappa shape index (κ1) is 14.3. The minimum atomic E-state index is -0.00296. The summed E-state index contributed by atoms with van der Waals surface area (Å²) in [6.07, 6.45) is 0. The number of hydrogen-bond acceptors (Lipinski definition) is 3. The standard InChI is InChI=1S/C21H11ClN2O/c22-21-23-17-11-13(12-6-2-1-3-7-12)10-16-18(17)19(24-21)14-8-4-5-9-15(14)20(16)25/h1-11H. The Morgan fingerprint density at radius 2 is 1.44 bits per heavy atom. The second kappa shape index (κ2) is 5.23. The first-order chi connectivity index (χ1) is 12.2. The van der Waals surface area contributed by atoms with Crippen LogP contribution in [-0.4, -0.2) is 15.8 Å². The molecule has 0 saturated heterocycles. The number of carbonyl (C=O) groups excluding carboxylic acids is 1. The van der Waals surface area contributed by atoms with Gasteiger partial charge in [-0.15, -0.1) is 0 Å². The van der Waals surface area contributed by atoms with Crippen molar-refractivity contribution >= 4 is 28.3 Å². The van der Waals surface area contributed by atoms with Gasteiger partial charge < -0.3 is 0 Å². The van der Waals surface area contributed by atoms with E-state index in [0.29, 0.717) is 16.6 Å². The molecule has 5 rings (SSSR count). The maximum Gasteiger partial charge on any atom is 0.223 e. The summed E-state index contributed by atoms with van der Waals surface area (Å²) in [5.41, 5.74) is 5.47. The maximum atomic E-state index is 13.1. The van der Waals surface area contributed by atoms with Crippen LogP contribution in [0.5, 0.6) is 0 Å². The van der Waals surface area contributed by atoms with Crippen LogP contribution in [0.2, 0.25) is 5.28 Å². The second-order valence-corrected chi connectivity index (χ2v) is 6.34. The molecule has 4 aromatic rings. The maximum absolute atomic E-state index is 13.1. The highest BCUT2D eigenvalue weighted by Gasteiger charge is 2.27. The molecule has 0 amide bonds. The lowest BCUT2D eigenvalue weighted by Gasteiger charge is -2.19. The Balaban J connectivity index is 1.92. The van der Waals surface area contributed by atoms with Crippen LogP contribution in [0.4, 0.5) is 0 Å². The summed E-state index contributed by atoms with van der Waals surface area (Å²) >= 11 is 6.17. The molecule has 0 atom stereocenters. The van der Waals surface area contributed by atoms with Crippen molar-refractivity contribution in [3.8, 4) is 22.4 Å². The molecule has 1 aromatic heterocycles. The molecule has 0 radical (unpaired) electrons. The summed E-state index contributed by atoms with van der Waals surface area (Å²) in [7, 11) is 0. The molecule has 3 aromatic carbocycles. The third-order valence-corrected chi connectivity index (χ3v) is 4.72. The van der Waals surface area contributed by atoms with Crippen molar-refractivity contribution in [1.29, 1.82) is 0 Å². The van der Waals surface area contributed by atoms with Gasteiger partial charge in [0.1, 0.15) is 0 Å². The Hall–Kier alpha value is -3.04. The van der Waals surface area contributed by atoms with E-state index in [-0.39, 0.29) is 11.1 Å². The lowest BCUT2D eigenvalue weighted by atomic mass is 9.85. The molecule has 0 saturated carbocycles. The zero-order valence-corrected chi connectivity index (χ0v) is 13.8. The normalized spacial score (nSPS) is 12.3. The fourth-order valence-corrected chi connectivity index (χ4v) is 3.62. The minimum absolute atomic E-state index is 0.00296. The van der Waals surface area contributed by atoms with Crippen LogP contribution in [0.25, 0.3) is 33.3 Å². The Morgan fingerprint density at radius 1 is 0.720 bits per heavy atom. The third kappa shape index (κ3) is 2.10. The van der Waals surface area contributed by atoms with Crippen molar-refractivity contribution in [3.63, 3.8) is 0 Å². The van der Waals surface area contributed by atoms with Crippen LogP contribution in [0.1, 0.15) is 15.9 Å². The highest BCUT2D eigenvalue weighted by Crippen LogP contribution is 2.40. The van der Waals surface area contributed by atoms with Crippen molar-refractivity contribution in [2.45, 2.75) is 0 Å². The van der Waals surface area contributed by atoms with Crippen LogP contribution in [0, 0.1) is 0 Å². The summed E-state index contributed by atoms with van der Waals surface area (Å²) in [6, 6.07) is 21.3. The van der Waals surface area contributed by atoms with Crippen molar-refractivity contribution in [1.82, 2.24) is 9.97 Å². The molecule has 0 unspecified atom stereocenters. The molecule has 1 aliphatic carbocycles. The number of halogens is 1. The van der Waals surface area contributed by atoms with Gasteiger partial charge in [-0.3, -0.25) is 4.79 Å². The summed E-state index contributed by atoms with van der Waals surface area (Å²) in [6.45, 7) is 0. The molecule has 0 N–H and O–H groups in total. The molecular formula is C21H11ClN2O. The molecule has 3 nitrogen and oxygen atoms in total. The fraction of sp³-hybridized carbons (Fsp3) is 0. The van der Waals surface area contributed by atoms with E-state index in [0.717, 1.165) is 27.8 Å². The van der Waals surface area contributed by atoms with Gasteiger partial charge in [0.15, 0.2) is 5.78 Å². The SMILES string of the molecule is O=C1c2ccccc2-c2nc(Cl)nc3cc(-c4ccccc4)cc1c23. The summed E-state index contributed by atoms with van der Waals surface area (Å²) in [5.74, 6) is -0.00296. The van der Waals surface area contributed by atoms with Crippen LogP contribution in [0.15, 0.2) is 66.7 Å². The lowest BCUT2D eigenvalue weighted by molar-refractivity contribution is 0.104. The zero-order chi connectivity index (χ0) is 17.0. The molecule has 118 valence electrons. The summed E-state index contributed by atoms with van der Waals surface area (Å²) < 4.78 is 0. The van der Waals surface area contributed by atoms with Gasteiger partial charge in [0.2, 0.25) is 5.28 Å². The predicted octanol–water partition coefficient (Wildman–Crippen LogP) is 5.16. The summed E-state index contributed by atoms with van der Waals surface area (Å²) in [5, 5.41) is 0.954. The number of carbonyl (C=O) groups is 1. The quantitative estimate of drug-likeness (QED) is 0.395. The van der Waals surface area contributed by atoms with E-state index in [1.54, 1.807) is 0 Å². The summed E-state index contributed by atoms with van der Waals surface area (Å²) in [4.78, 5) is 21.9. The monoisotopic (exact) mass is 342 g/mol. The van der Waals surface area contributed by atoms with Crippen molar-refractivity contribution in [2.75, 3.05) is 0 Å². The predicted molar refractivity (Wildman–Crippen MR) is 98.9 cm³/mol. The Bertz CT molecular complexity index is 1170. The van der Waals surface area contributed by atoms with Gasteiger partial charge in [-0.2, -0.15) is 0 Å². The topological polar surface area (TPSA) is 42.9 Å². The first-order valence-electron chi connectivity index (χ1n) is 7.93. The van der Waals surface area contributed by atoms with Gasteiger partial charge in [0, 0.05) is 22.1 Å². The lowest BCUT2D eigenvalue weighted by Crippen LogP contribution is -2.12. The number of fused-ring (bicyclic) bond motifs is 2. The van der Waals surface area contributed by atoms with Crippen LogP contribution < -0.4 is 0 Å². The number of ketones is 1. The molecule has 0 bridgehead atoms. The van der Waals surface area contributed by atoms with Crippen molar-refractivity contribution < 1.29 is 4.79 Å².